The van der Waals surface area contributed by atoms with Crippen LogP contribution in [-0.2, 0) is 10.0 Å². The quantitative estimate of drug-likeness (QED) is 0.729. The number of nitrogens with one attached hydrogen (secondary N) is 3. The molecule has 0 unspecified atom stereocenters. The van der Waals surface area contributed by atoms with Crippen molar-refractivity contribution in [3.05, 3.63) is 48.5 Å². The van der Waals surface area contributed by atoms with Crippen LogP contribution in [0, 0.1) is 0 Å². The number of amides is 2. The van der Waals surface area contributed by atoms with Crippen molar-refractivity contribution in [1.29, 1.82) is 0 Å². The first-order valence-corrected chi connectivity index (χ1v) is 10.8. The third-order valence-corrected chi connectivity index (χ3v) is 4.90. The second-order valence-electron chi connectivity index (χ2n) is 6.63. The Kier molecular flexibility index (Phi) is 5.85. The highest BCUT2D eigenvalue weighted by atomic mass is 32.2. The zero-order chi connectivity index (χ0) is 19.3. The van der Waals surface area contributed by atoms with E-state index in [0.29, 0.717) is 17.1 Å². The number of anilines is 4. The molecule has 2 aromatic carbocycles. The number of carbonyl (C=O) groups is 1. The van der Waals surface area contributed by atoms with Crippen LogP contribution in [0.1, 0.15) is 19.3 Å². The van der Waals surface area contributed by atoms with E-state index in [1.165, 1.54) is 24.9 Å². The lowest BCUT2D eigenvalue weighted by molar-refractivity contribution is 0.262. The molecule has 0 aliphatic carbocycles. The van der Waals surface area contributed by atoms with Crippen LogP contribution in [0.25, 0.3) is 0 Å². The minimum Gasteiger partial charge on any atom is -0.372 e. The van der Waals surface area contributed by atoms with E-state index in [1.54, 1.807) is 24.3 Å². The average Bonchev–Trinajstić information content (AvgIpc) is 2.63. The number of hydrogen-bond donors (Lipinski definition) is 3. The van der Waals surface area contributed by atoms with Gasteiger partial charge >= 0.3 is 6.03 Å². The standard InChI is InChI=1S/C19H24N4O3S/c1-27(25,26)22-17-7-5-15(6-8-17)20-19(24)21-16-9-11-18(12-10-16)23-13-3-2-4-14-23/h5-12,22H,2-4,13-14H2,1H3,(H2,20,21,24). The number of carbonyl (C=O) groups excluding carboxylic acids is 1. The van der Waals surface area contributed by atoms with Gasteiger partial charge in [0.15, 0.2) is 0 Å². The highest BCUT2D eigenvalue weighted by molar-refractivity contribution is 7.92. The molecule has 0 saturated carbocycles. The van der Waals surface area contributed by atoms with Crippen LogP contribution in [0.15, 0.2) is 48.5 Å². The Morgan fingerprint density at radius 3 is 1.81 bits per heavy atom. The molecule has 2 aromatic rings. The molecule has 1 saturated heterocycles. The third kappa shape index (κ3) is 5.89. The summed E-state index contributed by atoms with van der Waals surface area (Å²) in [5, 5.41) is 5.51. The van der Waals surface area contributed by atoms with Crippen molar-refractivity contribution in [3.8, 4) is 0 Å². The maximum absolute atomic E-state index is 12.1. The van der Waals surface area contributed by atoms with Crippen molar-refractivity contribution < 1.29 is 13.2 Å². The summed E-state index contributed by atoms with van der Waals surface area (Å²) >= 11 is 0. The Morgan fingerprint density at radius 2 is 1.30 bits per heavy atom. The largest absolute Gasteiger partial charge is 0.372 e. The first-order valence-electron chi connectivity index (χ1n) is 8.90. The molecule has 0 bridgehead atoms. The molecule has 2 amide bonds. The fourth-order valence-corrected chi connectivity index (χ4v) is 3.60. The predicted molar refractivity (Wildman–Crippen MR) is 110 cm³/mol. The van der Waals surface area contributed by atoms with E-state index < -0.39 is 10.0 Å². The SMILES string of the molecule is CS(=O)(=O)Nc1ccc(NC(=O)Nc2ccc(N3CCCCC3)cc2)cc1. The van der Waals surface area contributed by atoms with Gasteiger partial charge in [0.25, 0.3) is 0 Å². The summed E-state index contributed by atoms with van der Waals surface area (Å²) in [4.78, 5) is 14.5. The van der Waals surface area contributed by atoms with E-state index in [2.05, 4.69) is 20.3 Å². The Balaban J connectivity index is 1.54. The maximum Gasteiger partial charge on any atom is 0.323 e. The lowest BCUT2D eigenvalue weighted by Gasteiger charge is -2.28. The van der Waals surface area contributed by atoms with Crippen molar-refractivity contribution in [2.24, 2.45) is 0 Å². The van der Waals surface area contributed by atoms with Crippen molar-refractivity contribution in [2.45, 2.75) is 19.3 Å². The lowest BCUT2D eigenvalue weighted by Crippen LogP contribution is -2.29. The molecule has 0 atom stereocenters. The molecule has 27 heavy (non-hydrogen) atoms. The van der Waals surface area contributed by atoms with Crippen LogP contribution in [0.2, 0.25) is 0 Å². The van der Waals surface area contributed by atoms with E-state index >= 15 is 0 Å². The van der Waals surface area contributed by atoms with Crippen LogP contribution in [0.5, 0.6) is 0 Å². The Morgan fingerprint density at radius 1 is 0.815 bits per heavy atom. The van der Waals surface area contributed by atoms with Crippen LogP contribution >= 0.6 is 0 Å². The third-order valence-electron chi connectivity index (χ3n) is 4.29. The summed E-state index contributed by atoms with van der Waals surface area (Å²) in [6.07, 6.45) is 4.83. The molecule has 1 aliphatic rings. The van der Waals surface area contributed by atoms with Gasteiger partial charge in [-0.15, -0.1) is 0 Å². The predicted octanol–water partition coefficient (Wildman–Crippen LogP) is 3.69. The molecule has 1 heterocycles. The highest BCUT2D eigenvalue weighted by Gasteiger charge is 2.11. The molecule has 1 fully saturated rings. The van der Waals surface area contributed by atoms with Crippen LogP contribution in [0.4, 0.5) is 27.5 Å². The first kappa shape index (κ1) is 19.0. The second-order valence-corrected chi connectivity index (χ2v) is 8.37. The number of nitrogens with zero attached hydrogens (tertiary/aromatic N) is 1. The number of benzene rings is 2. The molecule has 0 radical (unpaired) electrons. The van der Waals surface area contributed by atoms with Gasteiger partial charge in [0.05, 0.1) is 6.26 Å². The smallest absolute Gasteiger partial charge is 0.323 e. The van der Waals surface area contributed by atoms with Crippen LogP contribution in [0.3, 0.4) is 0 Å². The molecule has 3 rings (SSSR count). The van der Waals surface area contributed by atoms with Crippen molar-refractivity contribution in [2.75, 3.05) is 39.6 Å². The molecule has 8 heteroatoms. The van der Waals surface area contributed by atoms with Gasteiger partial charge in [-0.1, -0.05) is 0 Å². The Hall–Kier alpha value is -2.74. The van der Waals surface area contributed by atoms with E-state index in [4.69, 9.17) is 0 Å². The normalized spacial score (nSPS) is 14.5. The van der Waals surface area contributed by atoms with Crippen LogP contribution < -0.4 is 20.3 Å². The fraction of sp³-hybridized carbons (Fsp3) is 0.316. The number of hydrogen-bond acceptors (Lipinski definition) is 4. The number of urea groups is 1. The van der Waals surface area contributed by atoms with Crippen LogP contribution in [-0.4, -0.2) is 33.8 Å². The molecule has 144 valence electrons. The van der Waals surface area contributed by atoms with Gasteiger partial charge in [-0.25, -0.2) is 13.2 Å². The van der Waals surface area contributed by atoms with Gasteiger partial charge in [0.1, 0.15) is 0 Å². The van der Waals surface area contributed by atoms with Gasteiger partial charge in [0.2, 0.25) is 10.0 Å². The molecule has 3 N–H and O–H groups in total. The number of rotatable bonds is 5. The van der Waals surface area contributed by atoms with E-state index in [1.807, 2.05) is 24.3 Å². The van der Waals surface area contributed by atoms with Gasteiger partial charge in [-0.05, 0) is 67.8 Å². The van der Waals surface area contributed by atoms with Gasteiger partial charge in [-0.2, -0.15) is 0 Å². The fourth-order valence-electron chi connectivity index (χ4n) is 3.04. The van der Waals surface area contributed by atoms with Crippen molar-refractivity contribution >= 4 is 38.8 Å². The highest BCUT2D eigenvalue weighted by Crippen LogP contribution is 2.22. The Bertz CT molecular complexity index is 874. The zero-order valence-corrected chi connectivity index (χ0v) is 16.1. The monoisotopic (exact) mass is 388 g/mol. The van der Waals surface area contributed by atoms with E-state index in [0.717, 1.165) is 19.3 Å². The number of sulfonamides is 1. The second kappa shape index (κ2) is 8.30. The summed E-state index contributed by atoms with van der Waals surface area (Å²) in [7, 11) is -3.32. The minimum atomic E-state index is -3.32. The summed E-state index contributed by atoms with van der Waals surface area (Å²) in [6, 6.07) is 13.9. The minimum absolute atomic E-state index is 0.357. The number of piperidine rings is 1. The van der Waals surface area contributed by atoms with Gasteiger partial charge in [-0.3, -0.25) is 4.72 Å². The Labute approximate surface area is 159 Å². The van der Waals surface area contributed by atoms with E-state index in [-0.39, 0.29) is 6.03 Å². The molecule has 0 aromatic heterocycles. The van der Waals surface area contributed by atoms with Gasteiger partial charge in [0, 0.05) is 35.8 Å². The topological polar surface area (TPSA) is 90.5 Å². The van der Waals surface area contributed by atoms with Crippen molar-refractivity contribution in [3.63, 3.8) is 0 Å². The molecule has 0 spiro atoms. The summed E-state index contributed by atoms with van der Waals surface area (Å²) in [6.45, 7) is 2.16. The summed E-state index contributed by atoms with van der Waals surface area (Å²) in [5.41, 5.74) is 2.89. The summed E-state index contributed by atoms with van der Waals surface area (Å²) in [5.74, 6) is 0. The molecule has 1 aliphatic heterocycles. The lowest BCUT2D eigenvalue weighted by atomic mass is 10.1. The summed E-state index contributed by atoms with van der Waals surface area (Å²) < 4.78 is 24.8. The average molecular weight is 388 g/mol. The van der Waals surface area contributed by atoms with Gasteiger partial charge < -0.3 is 15.5 Å². The van der Waals surface area contributed by atoms with Crippen molar-refractivity contribution in [1.82, 2.24) is 0 Å². The van der Waals surface area contributed by atoms with E-state index in [9.17, 15) is 13.2 Å². The molecule has 7 nitrogen and oxygen atoms in total. The molecular formula is C19H24N4O3S. The molecular weight excluding hydrogens is 364 g/mol. The zero-order valence-electron chi connectivity index (χ0n) is 15.2. The maximum atomic E-state index is 12.1. The first-order chi connectivity index (χ1) is 12.9.